The number of hydrogen-bond donors (Lipinski definition) is 0. The normalized spacial score (nSPS) is 12.4. The van der Waals surface area contributed by atoms with E-state index >= 15 is 0 Å². The van der Waals surface area contributed by atoms with Crippen molar-refractivity contribution in [2.45, 2.75) is 58.0 Å². The lowest BCUT2D eigenvalue weighted by atomic mass is 10.1. The predicted octanol–water partition coefficient (Wildman–Crippen LogP) is 4.69. The molecule has 2 aromatic rings. The van der Waals surface area contributed by atoms with E-state index in [1.165, 1.54) is 16.8 Å². The molecule has 23 heavy (non-hydrogen) atoms. The fraction of sp³-hybridized carbons (Fsp3) is 0.474. The van der Waals surface area contributed by atoms with Gasteiger partial charge in [-0.05, 0) is 38.7 Å². The van der Waals surface area contributed by atoms with Crippen LogP contribution in [0.15, 0.2) is 29.4 Å². The molecule has 1 atom stereocenters. The molecule has 0 bridgehead atoms. The van der Waals surface area contributed by atoms with Crippen LogP contribution in [0.25, 0.3) is 0 Å². The van der Waals surface area contributed by atoms with Crippen LogP contribution in [0.1, 0.15) is 36.4 Å². The van der Waals surface area contributed by atoms with E-state index in [4.69, 9.17) is 0 Å². The molecule has 0 amide bonds. The first-order valence-electron chi connectivity index (χ1n) is 8.06. The van der Waals surface area contributed by atoms with Crippen molar-refractivity contribution in [3.05, 3.63) is 46.8 Å². The first kappa shape index (κ1) is 17.6. The molecular formula is C19H25N3S. The van der Waals surface area contributed by atoms with Gasteiger partial charge in [-0.3, -0.25) is 0 Å². The van der Waals surface area contributed by atoms with Crippen molar-refractivity contribution in [2.75, 3.05) is 0 Å². The highest BCUT2D eigenvalue weighted by Crippen LogP contribution is 2.28. The first-order chi connectivity index (χ1) is 10.9. The van der Waals surface area contributed by atoms with Gasteiger partial charge in [-0.25, -0.2) is 4.98 Å². The van der Waals surface area contributed by atoms with Crippen LogP contribution in [0, 0.1) is 38.0 Å². The molecule has 122 valence electrons. The second-order valence-electron chi connectivity index (χ2n) is 6.49. The van der Waals surface area contributed by atoms with Gasteiger partial charge in [0, 0.05) is 12.2 Å². The molecular weight excluding hydrogens is 302 g/mol. The van der Waals surface area contributed by atoms with E-state index in [-0.39, 0.29) is 5.25 Å². The maximum absolute atomic E-state index is 9.54. The number of aryl methyl sites for hydroxylation is 2. The molecule has 4 heteroatoms. The minimum Gasteiger partial charge on any atom is -0.323 e. The standard InChI is InChI=1S/C19H25N3S/c1-13(2)12-22-16(5)15(4)21-19(22)23-18(11-20)10-17-8-6-14(3)7-9-17/h6-9,13,18H,10,12H2,1-5H3. The zero-order chi connectivity index (χ0) is 17.0. The zero-order valence-electron chi connectivity index (χ0n) is 14.6. The number of hydrogen-bond acceptors (Lipinski definition) is 3. The van der Waals surface area contributed by atoms with Crippen molar-refractivity contribution in [3.8, 4) is 6.07 Å². The summed E-state index contributed by atoms with van der Waals surface area (Å²) in [5.74, 6) is 0.555. The molecule has 0 aliphatic heterocycles. The van der Waals surface area contributed by atoms with Crippen molar-refractivity contribution in [3.63, 3.8) is 0 Å². The van der Waals surface area contributed by atoms with Crippen LogP contribution >= 0.6 is 11.8 Å². The van der Waals surface area contributed by atoms with Crippen molar-refractivity contribution in [2.24, 2.45) is 5.92 Å². The van der Waals surface area contributed by atoms with Crippen molar-refractivity contribution >= 4 is 11.8 Å². The number of nitriles is 1. The summed E-state index contributed by atoms with van der Waals surface area (Å²) in [6.07, 6.45) is 0.744. The van der Waals surface area contributed by atoms with Gasteiger partial charge in [0.25, 0.3) is 0 Å². The summed E-state index contributed by atoms with van der Waals surface area (Å²) in [5, 5.41) is 10.4. The van der Waals surface area contributed by atoms with Crippen LogP contribution in [0.5, 0.6) is 0 Å². The highest BCUT2D eigenvalue weighted by atomic mass is 32.2. The topological polar surface area (TPSA) is 41.6 Å². The molecule has 0 saturated heterocycles. The average molecular weight is 327 g/mol. The Morgan fingerprint density at radius 2 is 1.83 bits per heavy atom. The van der Waals surface area contributed by atoms with Gasteiger partial charge >= 0.3 is 0 Å². The van der Waals surface area contributed by atoms with Gasteiger partial charge in [-0.1, -0.05) is 55.4 Å². The molecule has 0 radical (unpaired) electrons. The van der Waals surface area contributed by atoms with Gasteiger partial charge in [0.1, 0.15) is 5.25 Å². The minimum atomic E-state index is -0.121. The van der Waals surface area contributed by atoms with Crippen molar-refractivity contribution in [1.82, 2.24) is 9.55 Å². The highest BCUT2D eigenvalue weighted by molar-refractivity contribution is 8.00. The molecule has 1 unspecified atom stereocenters. The van der Waals surface area contributed by atoms with Gasteiger partial charge in [0.05, 0.1) is 11.8 Å². The van der Waals surface area contributed by atoms with Crippen LogP contribution in [-0.4, -0.2) is 14.8 Å². The lowest BCUT2D eigenvalue weighted by molar-refractivity contribution is 0.486. The van der Waals surface area contributed by atoms with Gasteiger partial charge in [-0.15, -0.1) is 0 Å². The van der Waals surface area contributed by atoms with Crippen molar-refractivity contribution in [1.29, 1.82) is 5.26 Å². The molecule has 0 saturated carbocycles. The molecule has 3 nitrogen and oxygen atoms in total. The SMILES string of the molecule is Cc1ccc(CC(C#N)Sc2nc(C)c(C)n2CC(C)C)cc1. The first-order valence-corrected chi connectivity index (χ1v) is 8.94. The monoisotopic (exact) mass is 327 g/mol. The average Bonchev–Trinajstić information content (AvgIpc) is 2.76. The van der Waals surface area contributed by atoms with E-state index in [2.05, 4.69) is 67.6 Å². The summed E-state index contributed by atoms with van der Waals surface area (Å²) in [4.78, 5) is 4.68. The molecule has 0 fully saturated rings. The van der Waals surface area contributed by atoms with E-state index in [0.29, 0.717) is 5.92 Å². The Kier molecular flexibility index (Phi) is 5.90. The third-order valence-electron chi connectivity index (χ3n) is 3.90. The summed E-state index contributed by atoms with van der Waals surface area (Å²) in [5.41, 5.74) is 4.70. The highest BCUT2D eigenvalue weighted by Gasteiger charge is 2.18. The van der Waals surface area contributed by atoms with Crippen LogP contribution in [-0.2, 0) is 13.0 Å². The Bertz CT molecular complexity index is 693. The second kappa shape index (κ2) is 7.70. The third-order valence-corrected chi connectivity index (χ3v) is 4.98. The Hall–Kier alpha value is -1.73. The molecule has 2 rings (SSSR count). The molecule has 0 aliphatic carbocycles. The summed E-state index contributed by atoms with van der Waals surface area (Å²) >= 11 is 1.58. The van der Waals surface area contributed by atoms with E-state index in [0.717, 1.165) is 23.8 Å². The minimum absolute atomic E-state index is 0.121. The number of benzene rings is 1. The van der Waals surface area contributed by atoms with Gasteiger partial charge in [0.15, 0.2) is 5.16 Å². The molecule has 0 spiro atoms. The van der Waals surface area contributed by atoms with E-state index in [1.807, 2.05) is 6.92 Å². The van der Waals surface area contributed by atoms with Gasteiger partial charge in [0.2, 0.25) is 0 Å². The Labute approximate surface area is 143 Å². The van der Waals surface area contributed by atoms with Gasteiger partial charge in [-0.2, -0.15) is 5.26 Å². The molecule has 0 aliphatic rings. The molecule has 1 heterocycles. The smallest absolute Gasteiger partial charge is 0.169 e. The number of nitrogens with zero attached hydrogens (tertiary/aromatic N) is 3. The van der Waals surface area contributed by atoms with E-state index in [9.17, 15) is 5.26 Å². The fourth-order valence-corrected chi connectivity index (χ4v) is 3.58. The Morgan fingerprint density at radius 3 is 2.39 bits per heavy atom. The third kappa shape index (κ3) is 4.62. The number of imidazole rings is 1. The van der Waals surface area contributed by atoms with Crippen LogP contribution < -0.4 is 0 Å². The fourth-order valence-electron chi connectivity index (χ4n) is 2.47. The zero-order valence-corrected chi connectivity index (χ0v) is 15.4. The number of rotatable bonds is 6. The summed E-state index contributed by atoms with van der Waals surface area (Å²) in [6, 6.07) is 10.8. The van der Waals surface area contributed by atoms with Gasteiger partial charge < -0.3 is 4.57 Å². The lowest BCUT2D eigenvalue weighted by Gasteiger charge is -2.14. The maximum Gasteiger partial charge on any atom is 0.169 e. The largest absolute Gasteiger partial charge is 0.323 e. The van der Waals surface area contributed by atoms with Crippen molar-refractivity contribution < 1.29 is 0 Å². The molecule has 1 aromatic carbocycles. The molecule has 0 N–H and O–H groups in total. The second-order valence-corrected chi connectivity index (χ2v) is 7.66. The summed E-state index contributed by atoms with van der Waals surface area (Å²) in [6.45, 7) is 11.6. The van der Waals surface area contributed by atoms with E-state index in [1.54, 1.807) is 11.8 Å². The predicted molar refractivity (Wildman–Crippen MR) is 96.7 cm³/mol. The quantitative estimate of drug-likeness (QED) is 0.723. The number of thioether (sulfide) groups is 1. The van der Waals surface area contributed by atoms with E-state index < -0.39 is 0 Å². The summed E-state index contributed by atoms with van der Waals surface area (Å²) < 4.78 is 2.25. The lowest BCUT2D eigenvalue weighted by Crippen LogP contribution is -2.11. The van der Waals surface area contributed by atoms with Crippen LogP contribution in [0.3, 0.4) is 0 Å². The Balaban J connectivity index is 2.17. The Morgan fingerprint density at radius 1 is 1.17 bits per heavy atom. The van der Waals surface area contributed by atoms with Crippen LogP contribution in [0.4, 0.5) is 0 Å². The molecule has 1 aromatic heterocycles. The maximum atomic E-state index is 9.54. The van der Waals surface area contributed by atoms with Crippen LogP contribution in [0.2, 0.25) is 0 Å². The summed E-state index contributed by atoms with van der Waals surface area (Å²) in [7, 11) is 0. The number of aromatic nitrogens is 2.